The van der Waals surface area contributed by atoms with Gasteiger partial charge in [0.2, 0.25) is 0 Å². The number of halogens is 1. The molecule has 0 saturated heterocycles. The summed E-state index contributed by atoms with van der Waals surface area (Å²) < 4.78 is 13.1. The summed E-state index contributed by atoms with van der Waals surface area (Å²) in [5.41, 5.74) is 8.23. The van der Waals surface area contributed by atoms with E-state index in [0.29, 0.717) is 30.2 Å². The van der Waals surface area contributed by atoms with Crippen molar-refractivity contribution in [3.63, 3.8) is 0 Å². The summed E-state index contributed by atoms with van der Waals surface area (Å²) in [6.45, 7) is 4.23. The Labute approximate surface area is 121 Å². The lowest BCUT2D eigenvalue weighted by Gasteiger charge is -2.13. The fourth-order valence-electron chi connectivity index (χ4n) is 2.30. The van der Waals surface area contributed by atoms with E-state index in [2.05, 4.69) is 13.8 Å². The standard InChI is InChI=1S/C17H25FN2/c1-3-6-14(4-2)17(20)12-16(19)10-9-13-7-5-8-15(18)11-13/h5,7-8,11-12,14,20H,3-4,6,9-10,19H2,1-2H3/b16-12-,20-17?. The van der Waals surface area contributed by atoms with Crippen molar-refractivity contribution in [3.8, 4) is 0 Å². The van der Waals surface area contributed by atoms with E-state index in [1.54, 1.807) is 12.1 Å². The molecule has 1 unspecified atom stereocenters. The van der Waals surface area contributed by atoms with Crippen LogP contribution in [0.1, 0.15) is 45.1 Å². The van der Waals surface area contributed by atoms with Gasteiger partial charge in [-0.3, -0.25) is 0 Å². The van der Waals surface area contributed by atoms with Gasteiger partial charge in [0.05, 0.1) is 0 Å². The number of aryl methyl sites for hydroxylation is 1. The van der Waals surface area contributed by atoms with Crippen LogP contribution in [0.5, 0.6) is 0 Å². The van der Waals surface area contributed by atoms with Crippen molar-refractivity contribution in [2.24, 2.45) is 11.7 Å². The zero-order chi connectivity index (χ0) is 15.0. The molecule has 0 aliphatic carbocycles. The Morgan fingerprint density at radius 1 is 1.40 bits per heavy atom. The molecule has 1 atom stereocenters. The van der Waals surface area contributed by atoms with Crippen LogP contribution in [0.15, 0.2) is 36.0 Å². The van der Waals surface area contributed by atoms with Gasteiger partial charge in [0.1, 0.15) is 5.82 Å². The van der Waals surface area contributed by atoms with Crippen LogP contribution < -0.4 is 5.73 Å². The zero-order valence-corrected chi connectivity index (χ0v) is 12.5. The van der Waals surface area contributed by atoms with E-state index in [0.717, 1.165) is 24.8 Å². The minimum atomic E-state index is -0.216. The van der Waals surface area contributed by atoms with Gasteiger partial charge in [-0.2, -0.15) is 0 Å². The van der Waals surface area contributed by atoms with Crippen LogP contribution in [-0.2, 0) is 6.42 Å². The predicted octanol–water partition coefficient (Wildman–Crippen LogP) is 4.45. The summed E-state index contributed by atoms with van der Waals surface area (Å²) in [7, 11) is 0. The van der Waals surface area contributed by atoms with Gasteiger partial charge in [-0.1, -0.05) is 32.4 Å². The van der Waals surface area contributed by atoms with Gasteiger partial charge in [0.15, 0.2) is 0 Å². The molecule has 2 nitrogen and oxygen atoms in total. The molecular weight excluding hydrogens is 251 g/mol. The van der Waals surface area contributed by atoms with Crippen molar-refractivity contribution >= 4 is 5.71 Å². The first-order chi connectivity index (χ1) is 9.56. The highest BCUT2D eigenvalue weighted by molar-refractivity contribution is 5.94. The van der Waals surface area contributed by atoms with Crippen molar-refractivity contribution in [2.75, 3.05) is 0 Å². The molecule has 0 amide bonds. The molecular formula is C17H25FN2. The number of rotatable bonds is 8. The molecule has 1 aromatic carbocycles. The maximum absolute atomic E-state index is 13.1. The Hall–Kier alpha value is -1.64. The number of nitrogens with one attached hydrogen (secondary N) is 1. The Morgan fingerprint density at radius 3 is 2.75 bits per heavy atom. The molecule has 110 valence electrons. The number of allylic oxidation sites excluding steroid dienone is 2. The van der Waals surface area contributed by atoms with E-state index in [1.165, 1.54) is 12.1 Å². The van der Waals surface area contributed by atoms with Gasteiger partial charge in [0, 0.05) is 17.3 Å². The largest absolute Gasteiger partial charge is 0.402 e. The molecule has 0 bridgehead atoms. The van der Waals surface area contributed by atoms with Crippen LogP contribution in [0.4, 0.5) is 4.39 Å². The molecule has 0 aromatic heterocycles. The number of hydrogen-bond donors (Lipinski definition) is 2. The lowest BCUT2D eigenvalue weighted by molar-refractivity contribution is 0.594. The van der Waals surface area contributed by atoms with Crippen molar-refractivity contribution in [1.29, 1.82) is 5.41 Å². The Bertz CT molecular complexity index is 466. The summed E-state index contributed by atoms with van der Waals surface area (Å²) in [6, 6.07) is 6.58. The molecule has 0 fully saturated rings. The highest BCUT2D eigenvalue weighted by atomic mass is 19.1. The number of hydrogen-bond acceptors (Lipinski definition) is 2. The Balaban J connectivity index is 2.54. The maximum Gasteiger partial charge on any atom is 0.123 e. The highest BCUT2D eigenvalue weighted by Crippen LogP contribution is 2.15. The third-order valence-electron chi connectivity index (χ3n) is 3.50. The normalized spacial score (nSPS) is 13.2. The second-order valence-corrected chi connectivity index (χ2v) is 5.20. The van der Waals surface area contributed by atoms with E-state index in [4.69, 9.17) is 11.1 Å². The third kappa shape index (κ3) is 5.55. The number of benzene rings is 1. The first kappa shape index (κ1) is 16.4. The van der Waals surface area contributed by atoms with Gasteiger partial charge >= 0.3 is 0 Å². The average Bonchev–Trinajstić information content (AvgIpc) is 2.42. The number of nitrogens with two attached hydrogens (primary N) is 1. The molecule has 0 heterocycles. The van der Waals surface area contributed by atoms with E-state index in [-0.39, 0.29) is 5.82 Å². The van der Waals surface area contributed by atoms with E-state index >= 15 is 0 Å². The van der Waals surface area contributed by atoms with Gasteiger partial charge in [-0.15, -0.1) is 0 Å². The fourth-order valence-corrected chi connectivity index (χ4v) is 2.30. The minimum absolute atomic E-state index is 0.216. The average molecular weight is 276 g/mol. The molecule has 0 radical (unpaired) electrons. The summed E-state index contributed by atoms with van der Waals surface area (Å²) in [6.07, 6.45) is 6.23. The van der Waals surface area contributed by atoms with Crippen LogP contribution in [0, 0.1) is 17.1 Å². The second kappa shape index (κ2) is 8.51. The van der Waals surface area contributed by atoms with Gasteiger partial charge in [-0.25, -0.2) is 4.39 Å². The first-order valence-electron chi connectivity index (χ1n) is 7.35. The van der Waals surface area contributed by atoms with E-state index < -0.39 is 0 Å². The van der Waals surface area contributed by atoms with Crippen LogP contribution in [0.2, 0.25) is 0 Å². The van der Waals surface area contributed by atoms with Crippen molar-refractivity contribution in [3.05, 3.63) is 47.4 Å². The Morgan fingerprint density at radius 2 is 2.15 bits per heavy atom. The van der Waals surface area contributed by atoms with Crippen molar-refractivity contribution in [2.45, 2.75) is 46.0 Å². The third-order valence-corrected chi connectivity index (χ3v) is 3.50. The minimum Gasteiger partial charge on any atom is -0.402 e. The van der Waals surface area contributed by atoms with E-state index in [1.807, 2.05) is 6.07 Å². The summed E-state index contributed by atoms with van der Waals surface area (Å²) >= 11 is 0. The summed E-state index contributed by atoms with van der Waals surface area (Å²) in [5, 5.41) is 8.08. The lowest BCUT2D eigenvalue weighted by Crippen LogP contribution is -2.13. The van der Waals surface area contributed by atoms with Crippen LogP contribution in [0.3, 0.4) is 0 Å². The highest BCUT2D eigenvalue weighted by Gasteiger charge is 2.09. The molecule has 0 saturated carbocycles. The Kier molecular flexibility index (Phi) is 6.99. The second-order valence-electron chi connectivity index (χ2n) is 5.20. The topological polar surface area (TPSA) is 49.9 Å². The predicted molar refractivity (Wildman–Crippen MR) is 83.4 cm³/mol. The molecule has 0 aliphatic heterocycles. The van der Waals surface area contributed by atoms with Crippen molar-refractivity contribution < 1.29 is 4.39 Å². The first-order valence-corrected chi connectivity index (χ1v) is 7.35. The smallest absolute Gasteiger partial charge is 0.123 e. The quantitative estimate of drug-likeness (QED) is 0.677. The van der Waals surface area contributed by atoms with Gasteiger partial charge in [-0.05, 0) is 49.5 Å². The van der Waals surface area contributed by atoms with Crippen molar-refractivity contribution in [1.82, 2.24) is 0 Å². The summed E-state index contributed by atoms with van der Waals surface area (Å²) in [5.74, 6) is 0.0829. The monoisotopic (exact) mass is 276 g/mol. The maximum atomic E-state index is 13.1. The molecule has 1 rings (SSSR count). The van der Waals surface area contributed by atoms with Crippen LogP contribution >= 0.6 is 0 Å². The molecule has 20 heavy (non-hydrogen) atoms. The van der Waals surface area contributed by atoms with Gasteiger partial charge in [0.25, 0.3) is 0 Å². The van der Waals surface area contributed by atoms with E-state index in [9.17, 15) is 4.39 Å². The molecule has 3 heteroatoms. The van der Waals surface area contributed by atoms with Gasteiger partial charge < -0.3 is 11.1 Å². The van der Waals surface area contributed by atoms with Crippen LogP contribution in [0.25, 0.3) is 0 Å². The molecule has 0 aliphatic rings. The summed E-state index contributed by atoms with van der Waals surface area (Å²) in [4.78, 5) is 0. The SMILES string of the molecule is CCCC(CC)C(=N)/C=C(\N)CCc1cccc(F)c1. The molecule has 3 N–H and O–H groups in total. The molecule has 0 spiro atoms. The van der Waals surface area contributed by atoms with Crippen LogP contribution in [-0.4, -0.2) is 5.71 Å². The fraction of sp³-hybridized carbons (Fsp3) is 0.471. The molecule has 1 aromatic rings. The lowest BCUT2D eigenvalue weighted by atomic mass is 9.94. The zero-order valence-electron chi connectivity index (χ0n) is 12.5.